The second-order valence-corrected chi connectivity index (χ2v) is 5.15. The van der Waals surface area contributed by atoms with E-state index in [9.17, 15) is 0 Å². The van der Waals surface area contributed by atoms with Crippen LogP contribution in [0.15, 0.2) is 41.0 Å². The standard InChI is InChI=1S/C16H20ClNO2/c1-3-19-16-9-7-13(11-15(16)17)18-12(2)6-8-14-5-4-10-20-14/h4-5,7,9-12,18H,3,6,8H2,1-2H3. The van der Waals surface area contributed by atoms with Crippen LogP contribution in [0, 0.1) is 0 Å². The third-order valence-corrected chi connectivity index (χ3v) is 3.34. The number of ether oxygens (including phenoxy) is 1. The Hall–Kier alpha value is -1.61. The first-order chi connectivity index (χ1) is 9.69. The van der Waals surface area contributed by atoms with Crippen LogP contribution in [0.5, 0.6) is 5.75 Å². The van der Waals surface area contributed by atoms with Crippen LogP contribution in [0.1, 0.15) is 26.0 Å². The summed E-state index contributed by atoms with van der Waals surface area (Å²) in [7, 11) is 0. The van der Waals surface area contributed by atoms with E-state index in [1.54, 1.807) is 6.26 Å². The molecule has 0 saturated carbocycles. The molecule has 1 N–H and O–H groups in total. The molecule has 0 aliphatic heterocycles. The lowest BCUT2D eigenvalue weighted by Gasteiger charge is -2.15. The summed E-state index contributed by atoms with van der Waals surface area (Å²) in [6.07, 6.45) is 3.63. The van der Waals surface area contributed by atoms with E-state index < -0.39 is 0 Å². The second-order valence-electron chi connectivity index (χ2n) is 4.74. The number of rotatable bonds is 7. The molecule has 0 bridgehead atoms. The second kappa shape index (κ2) is 7.25. The van der Waals surface area contributed by atoms with Crippen molar-refractivity contribution in [1.29, 1.82) is 0 Å². The number of nitrogens with one attached hydrogen (secondary N) is 1. The van der Waals surface area contributed by atoms with E-state index >= 15 is 0 Å². The summed E-state index contributed by atoms with van der Waals surface area (Å²) >= 11 is 6.17. The zero-order chi connectivity index (χ0) is 14.4. The Kier molecular flexibility index (Phi) is 5.36. The highest BCUT2D eigenvalue weighted by Gasteiger charge is 2.07. The fourth-order valence-electron chi connectivity index (χ4n) is 2.03. The molecule has 0 amide bonds. The molecule has 1 aromatic carbocycles. The fourth-order valence-corrected chi connectivity index (χ4v) is 2.27. The van der Waals surface area contributed by atoms with Crippen molar-refractivity contribution in [2.75, 3.05) is 11.9 Å². The van der Waals surface area contributed by atoms with Gasteiger partial charge < -0.3 is 14.5 Å². The number of hydrogen-bond acceptors (Lipinski definition) is 3. The number of benzene rings is 1. The van der Waals surface area contributed by atoms with Gasteiger partial charge in [0.05, 0.1) is 17.9 Å². The van der Waals surface area contributed by atoms with Crippen molar-refractivity contribution >= 4 is 17.3 Å². The summed E-state index contributed by atoms with van der Waals surface area (Å²) < 4.78 is 10.8. The van der Waals surface area contributed by atoms with Crippen molar-refractivity contribution < 1.29 is 9.15 Å². The van der Waals surface area contributed by atoms with E-state index in [1.165, 1.54) is 0 Å². The first-order valence-corrected chi connectivity index (χ1v) is 7.28. The number of anilines is 1. The van der Waals surface area contributed by atoms with Gasteiger partial charge in [0.1, 0.15) is 11.5 Å². The third kappa shape index (κ3) is 4.20. The first kappa shape index (κ1) is 14.8. The zero-order valence-corrected chi connectivity index (χ0v) is 12.6. The van der Waals surface area contributed by atoms with Crippen LogP contribution in [0.2, 0.25) is 5.02 Å². The molecule has 3 nitrogen and oxygen atoms in total. The first-order valence-electron chi connectivity index (χ1n) is 6.90. The molecular weight excluding hydrogens is 274 g/mol. The van der Waals surface area contributed by atoms with E-state index in [4.69, 9.17) is 20.8 Å². The van der Waals surface area contributed by atoms with Gasteiger partial charge in [0, 0.05) is 18.2 Å². The predicted octanol–water partition coefficient (Wildman–Crippen LogP) is 4.76. The fraction of sp³-hybridized carbons (Fsp3) is 0.375. The van der Waals surface area contributed by atoms with Crippen molar-refractivity contribution in [3.8, 4) is 5.75 Å². The van der Waals surface area contributed by atoms with E-state index in [2.05, 4.69) is 12.2 Å². The minimum atomic E-state index is 0.342. The van der Waals surface area contributed by atoms with Crippen LogP contribution < -0.4 is 10.1 Å². The molecule has 2 aromatic rings. The minimum Gasteiger partial charge on any atom is -0.492 e. The molecule has 108 valence electrons. The Morgan fingerprint density at radius 1 is 1.35 bits per heavy atom. The Bertz CT molecular complexity index is 525. The van der Waals surface area contributed by atoms with Gasteiger partial charge in [0.25, 0.3) is 0 Å². The van der Waals surface area contributed by atoms with E-state index in [1.807, 2.05) is 37.3 Å². The van der Waals surface area contributed by atoms with Crippen LogP contribution in [0.4, 0.5) is 5.69 Å². The highest BCUT2D eigenvalue weighted by molar-refractivity contribution is 6.32. The molecular formula is C16H20ClNO2. The molecule has 1 heterocycles. The van der Waals surface area contributed by atoms with Crippen LogP contribution in [0.3, 0.4) is 0 Å². The Morgan fingerprint density at radius 2 is 2.20 bits per heavy atom. The van der Waals surface area contributed by atoms with Crippen molar-refractivity contribution in [3.05, 3.63) is 47.4 Å². The summed E-state index contributed by atoms with van der Waals surface area (Å²) in [5.74, 6) is 1.74. The largest absolute Gasteiger partial charge is 0.492 e. The monoisotopic (exact) mass is 293 g/mol. The van der Waals surface area contributed by atoms with Gasteiger partial charge in [0.2, 0.25) is 0 Å². The van der Waals surface area contributed by atoms with Gasteiger partial charge in [-0.1, -0.05) is 11.6 Å². The van der Waals surface area contributed by atoms with Gasteiger partial charge >= 0.3 is 0 Å². The number of halogens is 1. The maximum Gasteiger partial charge on any atom is 0.138 e. The molecule has 1 aromatic heterocycles. The minimum absolute atomic E-state index is 0.342. The highest BCUT2D eigenvalue weighted by atomic mass is 35.5. The van der Waals surface area contributed by atoms with Crippen molar-refractivity contribution in [2.24, 2.45) is 0 Å². The van der Waals surface area contributed by atoms with Gasteiger partial charge in [-0.3, -0.25) is 0 Å². The molecule has 4 heteroatoms. The highest BCUT2D eigenvalue weighted by Crippen LogP contribution is 2.28. The average Bonchev–Trinajstić information content (AvgIpc) is 2.93. The van der Waals surface area contributed by atoms with Gasteiger partial charge in [0.15, 0.2) is 0 Å². The van der Waals surface area contributed by atoms with Gasteiger partial charge in [-0.2, -0.15) is 0 Å². The quantitative estimate of drug-likeness (QED) is 0.799. The molecule has 0 saturated heterocycles. The van der Waals surface area contributed by atoms with Crippen molar-refractivity contribution in [3.63, 3.8) is 0 Å². The van der Waals surface area contributed by atoms with E-state index in [0.717, 1.165) is 30.0 Å². The predicted molar refractivity (Wildman–Crippen MR) is 82.7 cm³/mol. The molecule has 0 aliphatic rings. The van der Waals surface area contributed by atoms with Gasteiger partial charge in [-0.25, -0.2) is 0 Å². The molecule has 0 fully saturated rings. The lowest BCUT2D eigenvalue weighted by molar-refractivity contribution is 0.340. The topological polar surface area (TPSA) is 34.4 Å². The lowest BCUT2D eigenvalue weighted by Crippen LogP contribution is -2.15. The van der Waals surface area contributed by atoms with Gasteiger partial charge in [-0.15, -0.1) is 0 Å². The molecule has 0 radical (unpaired) electrons. The SMILES string of the molecule is CCOc1ccc(NC(C)CCc2ccco2)cc1Cl. The smallest absolute Gasteiger partial charge is 0.138 e. The third-order valence-electron chi connectivity index (χ3n) is 3.05. The zero-order valence-electron chi connectivity index (χ0n) is 11.9. The van der Waals surface area contributed by atoms with Crippen LogP contribution >= 0.6 is 11.6 Å². The summed E-state index contributed by atoms with van der Waals surface area (Å²) in [5.41, 5.74) is 1.00. The van der Waals surface area contributed by atoms with Crippen molar-refractivity contribution in [2.45, 2.75) is 32.7 Å². The molecule has 20 heavy (non-hydrogen) atoms. The summed E-state index contributed by atoms with van der Waals surface area (Å²) in [6, 6.07) is 10.0. The van der Waals surface area contributed by atoms with E-state index in [-0.39, 0.29) is 0 Å². The van der Waals surface area contributed by atoms with Gasteiger partial charge in [-0.05, 0) is 50.6 Å². The molecule has 0 spiro atoms. The molecule has 1 atom stereocenters. The van der Waals surface area contributed by atoms with Crippen LogP contribution in [-0.4, -0.2) is 12.6 Å². The summed E-state index contributed by atoms with van der Waals surface area (Å²) in [6.45, 7) is 4.71. The maximum atomic E-state index is 6.17. The Labute approximate surface area is 124 Å². The Balaban J connectivity index is 1.87. The lowest BCUT2D eigenvalue weighted by atomic mass is 10.1. The normalized spacial score (nSPS) is 12.2. The molecule has 0 aliphatic carbocycles. The average molecular weight is 294 g/mol. The maximum absolute atomic E-state index is 6.17. The summed E-state index contributed by atoms with van der Waals surface area (Å²) in [5, 5.41) is 4.07. The van der Waals surface area contributed by atoms with Crippen LogP contribution in [0.25, 0.3) is 0 Å². The Morgan fingerprint density at radius 3 is 2.85 bits per heavy atom. The van der Waals surface area contributed by atoms with E-state index in [0.29, 0.717) is 17.7 Å². The molecule has 1 unspecified atom stereocenters. The van der Waals surface area contributed by atoms with Crippen LogP contribution in [-0.2, 0) is 6.42 Å². The molecule has 2 rings (SSSR count). The summed E-state index contributed by atoms with van der Waals surface area (Å²) in [4.78, 5) is 0. The number of furan rings is 1. The van der Waals surface area contributed by atoms with Crippen molar-refractivity contribution in [1.82, 2.24) is 0 Å². The number of aryl methyl sites for hydroxylation is 1. The number of hydrogen-bond donors (Lipinski definition) is 1.